The molecule has 3 N–H and O–H groups in total. The third kappa shape index (κ3) is 3.76. The average Bonchev–Trinajstić information content (AvgIpc) is 2.39. The Kier molecular flexibility index (Phi) is 4.97. The second-order valence-corrected chi connectivity index (χ2v) is 7.01. The van der Waals surface area contributed by atoms with Crippen molar-refractivity contribution in [2.24, 2.45) is 5.73 Å². The molecule has 1 aliphatic rings. The standard InChI is InChI=1S/C12H17BrN2O3S/c13-11-2-1-9(8-14)7-12(11)19(16,17)15-10-3-5-18-6-4-10/h1-2,7,10,15H,3-6,8,14H2. The summed E-state index contributed by atoms with van der Waals surface area (Å²) in [6.45, 7) is 1.50. The van der Waals surface area contributed by atoms with Crippen LogP contribution in [0.15, 0.2) is 27.6 Å². The van der Waals surface area contributed by atoms with Crippen LogP contribution >= 0.6 is 15.9 Å². The molecule has 0 atom stereocenters. The van der Waals surface area contributed by atoms with E-state index >= 15 is 0 Å². The van der Waals surface area contributed by atoms with Gasteiger partial charge in [-0.3, -0.25) is 0 Å². The van der Waals surface area contributed by atoms with Crippen molar-refractivity contribution in [3.05, 3.63) is 28.2 Å². The third-order valence-corrected chi connectivity index (χ3v) is 5.58. The highest BCUT2D eigenvalue weighted by Crippen LogP contribution is 2.24. The van der Waals surface area contributed by atoms with Crippen LogP contribution in [0, 0.1) is 0 Å². The molecule has 0 bridgehead atoms. The molecule has 106 valence electrons. The minimum Gasteiger partial charge on any atom is -0.381 e. The van der Waals surface area contributed by atoms with Crippen molar-refractivity contribution in [3.63, 3.8) is 0 Å². The molecule has 5 nitrogen and oxygen atoms in total. The number of rotatable bonds is 4. The van der Waals surface area contributed by atoms with Gasteiger partial charge in [0.25, 0.3) is 0 Å². The number of hydrogen-bond donors (Lipinski definition) is 2. The van der Waals surface area contributed by atoms with Gasteiger partial charge in [-0.2, -0.15) is 0 Å². The molecule has 0 radical (unpaired) electrons. The fourth-order valence-electron chi connectivity index (χ4n) is 1.98. The van der Waals surface area contributed by atoms with Crippen LogP contribution in [-0.4, -0.2) is 27.7 Å². The lowest BCUT2D eigenvalue weighted by atomic mass is 10.1. The van der Waals surface area contributed by atoms with Gasteiger partial charge in [0.1, 0.15) is 0 Å². The Labute approximate surface area is 121 Å². The van der Waals surface area contributed by atoms with E-state index in [4.69, 9.17) is 10.5 Å². The number of halogens is 1. The highest BCUT2D eigenvalue weighted by Gasteiger charge is 2.24. The summed E-state index contributed by atoms with van der Waals surface area (Å²) in [6.07, 6.45) is 1.40. The predicted octanol–water partition coefficient (Wildman–Crippen LogP) is 1.37. The topological polar surface area (TPSA) is 81.4 Å². The molecule has 0 unspecified atom stereocenters. The largest absolute Gasteiger partial charge is 0.381 e. The average molecular weight is 349 g/mol. The van der Waals surface area contributed by atoms with Gasteiger partial charge < -0.3 is 10.5 Å². The number of nitrogens with two attached hydrogens (primary N) is 1. The van der Waals surface area contributed by atoms with Gasteiger partial charge in [0, 0.05) is 30.3 Å². The van der Waals surface area contributed by atoms with Gasteiger partial charge in [0.05, 0.1) is 4.90 Å². The molecule has 2 rings (SSSR count). The van der Waals surface area contributed by atoms with Gasteiger partial charge in [0.2, 0.25) is 10.0 Å². The van der Waals surface area contributed by atoms with Gasteiger partial charge in [0.15, 0.2) is 0 Å². The Bertz CT molecular complexity index is 542. The normalized spacial score (nSPS) is 17.6. The van der Waals surface area contributed by atoms with Crippen molar-refractivity contribution >= 4 is 26.0 Å². The van der Waals surface area contributed by atoms with Crippen molar-refractivity contribution in [1.29, 1.82) is 0 Å². The predicted molar refractivity (Wildman–Crippen MR) is 76.2 cm³/mol. The summed E-state index contributed by atoms with van der Waals surface area (Å²) in [6, 6.07) is 5.05. The summed E-state index contributed by atoms with van der Waals surface area (Å²) in [5, 5.41) is 0. The monoisotopic (exact) mass is 348 g/mol. The van der Waals surface area contributed by atoms with Crippen LogP contribution in [0.3, 0.4) is 0 Å². The van der Waals surface area contributed by atoms with E-state index in [-0.39, 0.29) is 10.9 Å². The zero-order valence-corrected chi connectivity index (χ0v) is 12.8. The number of nitrogens with one attached hydrogen (secondary N) is 1. The maximum absolute atomic E-state index is 12.4. The summed E-state index contributed by atoms with van der Waals surface area (Å²) in [4.78, 5) is 0.238. The fraction of sp³-hybridized carbons (Fsp3) is 0.500. The third-order valence-electron chi connectivity index (χ3n) is 3.06. The van der Waals surface area contributed by atoms with Crippen molar-refractivity contribution in [2.45, 2.75) is 30.3 Å². The number of benzene rings is 1. The molecule has 1 aromatic rings. The summed E-state index contributed by atoms with van der Waals surface area (Å²) in [7, 11) is -3.53. The van der Waals surface area contributed by atoms with E-state index < -0.39 is 10.0 Å². The fourth-order valence-corrected chi connectivity index (χ4v) is 4.30. The molecule has 1 heterocycles. The molecular weight excluding hydrogens is 332 g/mol. The number of ether oxygens (including phenoxy) is 1. The minimum absolute atomic E-state index is 0.0628. The highest BCUT2D eigenvalue weighted by atomic mass is 79.9. The summed E-state index contributed by atoms with van der Waals surface area (Å²) in [5.41, 5.74) is 6.34. The molecule has 1 fully saturated rings. The van der Waals surface area contributed by atoms with Crippen LogP contribution in [0.25, 0.3) is 0 Å². The van der Waals surface area contributed by atoms with Crippen LogP contribution in [0.2, 0.25) is 0 Å². The van der Waals surface area contributed by atoms with Crippen molar-refractivity contribution in [3.8, 4) is 0 Å². The lowest BCUT2D eigenvalue weighted by Gasteiger charge is -2.23. The SMILES string of the molecule is NCc1ccc(Br)c(S(=O)(=O)NC2CCOCC2)c1. The van der Waals surface area contributed by atoms with Gasteiger partial charge in [-0.05, 0) is 46.5 Å². The highest BCUT2D eigenvalue weighted by molar-refractivity contribution is 9.10. The molecule has 0 aliphatic carbocycles. The first-order valence-electron chi connectivity index (χ1n) is 6.11. The molecule has 1 saturated heterocycles. The lowest BCUT2D eigenvalue weighted by Crippen LogP contribution is -2.39. The first kappa shape index (κ1) is 14.9. The van der Waals surface area contributed by atoms with E-state index in [1.807, 2.05) is 0 Å². The Balaban J connectivity index is 2.23. The van der Waals surface area contributed by atoms with Gasteiger partial charge in [-0.15, -0.1) is 0 Å². The van der Waals surface area contributed by atoms with Crippen molar-refractivity contribution < 1.29 is 13.2 Å². The quantitative estimate of drug-likeness (QED) is 0.860. The lowest BCUT2D eigenvalue weighted by molar-refractivity contribution is 0.0832. The van der Waals surface area contributed by atoms with Crippen molar-refractivity contribution in [1.82, 2.24) is 4.72 Å². The maximum Gasteiger partial charge on any atom is 0.241 e. The Morgan fingerprint density at radius 1 is 1.37 bits per heavy atom. The second kappa shape index (κ2) is 6.32. The van der Waals surface area contributed by atoms with Gasteiger partial charge >= 0.3 is 0 Å². The maximum atomic E-state index is 12.4. The van der Waals surface area contributed by atoms with Crippen molar-refractivity contribution in [2.75, 3.05) is 13.2 Å². The first-order chi connectivity index (χ1) is 9.03. The smallest absolute Gasteiger partial charge is 0.241 e. The van der Waals surface area contributed by atoms with Crippen LogP contribution in [0.4, 0.5) is 0 Å². The molecule has 0 saturated carbocycles. The van der Waals surface area contributed by atoms with E-state index in [2.05, 4.69) is 20.7 Å². The summed E-state index contributed by atoms with van der Waals surface area (Å²) >= 11 is 3.28. The molecule has 7 heteroatoms. The van der Waals surface area contributed by atoms with E-state index in [1.165, 1.54) is 0 Å². The summed E-state index contributed by atoms with van der Waals surface area (Å²) < 4.78 is 33.2. The molecule has 19 heavy (non-hydrogen) atoms. The molecule has 1 aromatic carbocycles. The molecule has 0 amide bonds. The molecule has 0 aromatic heterocycles. The zero-order valence-electron chi connectivity index (χ0n) is 10.4. The first-order valence-corrected chi connectivity index (χ1v) is 8.39. The second-order valence-electron chi connectivity index (χ2n) is 4.48. The van der Waals surface area contributed by atoms with Crippen LogP contribution in [0.5, 0.6) is 0 Å². The van der Waals surface area contributed by atoms with Crippen LogP contribution in [0.1, 0.15) is 18.4 Å². The molecular formula is C12H17BrN2O3S. The Hall–Kier alpha value is -0.470. The van der Waals surface area contributed by atoms with E-state index in [1.54, 1.807) is 18.2 Å². The Morgan fingerprint density at radius 3 is 2.68 bits per heavy atom. The Morgan fingerprint density at radius 2 is 2.05 bits per heavy atom. The molecule has 1 aliphatic heterocycles. The van der Waals surface area contributed by atoms with E-state index in [0.717, 1.165) is 5.56 Å². The van der Waals surface area contributed by atoms with Gasteiger partial charge in [-0.1, -0.05) is 6.07 Å². The van der Waals surface area contributed by atoms with E-state index in [9.17, 15) is 8.42 Å². The van der Waals surface area contributed by atoms with E-state index in [0.29, 0.717) is 37.1 Å². The number of hydrogen-bond acceptors (Lipinski definition) is 4. The van der Waals surface area contributed by atoms with Gasteiger partial charge in [-0.25, -0.2) is 13.1 Å². The summed E-state index contributed by atoms with van der Waals surface area (Å²) in [5.74, 6) is 0. The number of sulfonamides is 1. The minimum atomic E-state index is -3.53. The van der Waals surface area contributed by atoms with Crippen LogP contribution < -0.4 is 10.5 Å². The molecule has 0 spiro atoms. The van der Waals surface area contributed by atoms with Crippen LogP contribution in [-0.2, 0) is 21.3 Å². The zero-order chi connectivity index (χ0) is 13.9.